The first-order chi connectivity index (χ1) is 22.0. The minimum absolute atomic E-state index is 0.566. The van der Waals surface area contributed by atoms with Crippen molar-refractivity contribution in [2.45, 2.75) is 19.5 Å². The van der Waals surface area contributed by atoms with Gasteiger partial charge in [0.2, 0.25) is 11.5 Å². The molecule has 10 heteroatoms. The summed E-state index contributed by atoms with van der Waals surface area (Å²) in [7, 11) is 9.73. The summed E-state index contributed by atoms with van der Waals surface area (Å²) in [5.74, 6) is 3.56. The van der Waals surface area contributed by atoms with Gasteiger partial charge in [0, 0.05) is 49.7 Å². The van der Waals surface area contributed by atoms with Crippen molar-refractivity contribution in [2.24, 2.45) is 0 Å². The molecule has 0 N–H and O–H groups in total. The minimum Gasteiger partial charge on any atom is -0.493 e. The summed E-state index contributed by atoms with van der Waals surface area (Å²) in [5.41, 5.74) is 5.96. The van der Waals surface area contributed by atoms with E-state index in [1.54, 1.807) is 42.7 Å². The van der Waals surface area contributed by atoms with Crippen LogP contribution >= 0.6 is 0 Å². The highest BCUT2D eigenvalue weighted by atomic mass is 16.5. The first-order valence-electron chi connectivity index (χ1n) is 15.0. The molecule has 0 aliphatic carbocycles. The average Bonchev–Trinajstić information content (AvgIpc) is 3.31. The fourth-order valence-corrected chi connectivity index (χ4v) is 5.91. The molecule has 45 heavy (non-hydrogen) atoms. The zero-order valence-electron chi connectivity index (χ0n) is 27.0. The van der Waals surface area contributed by atoms with Crippen molar-refractivity contribution < 1.29 is 28.4 Å². The van der Waals surface area contributed by atoms with Gasteiger partial charge in [0.25, 0.3) is 0 Å². The van der Waals surface area contributed by atoms with Crippen LogP contribution in [0.2, 0.25) is 0 Å². The Balaban J connectivity index is 1.32. The molecule has 0 amide bonds. The molecule has 2 aromatic carbocycles. The van der Waals surface area contributed by atoms with Gasteiger partial charge in [0.05, 0.1) is 54.0 Å². The first-order valence-corrected chi connectivity index (χ1v) is 15.0. The van der Waals surface area contributed by atoms with Crippen molar-refractivity contribution >= 4 is 0 Å². The van der Waals surface area contributed by atoms with Gasteiger partial charge in [-0.05, 0) is 67.0 Å². The average molecular weight is 615 g/mol. The largest absolute Gasteiger partial charge is 0.493 e. The number of nitrogens with zero attached hydrogens (tertiary/aromatic N) is 4. The highest BCUT2D eigenvalue weighted by molar-refractivity contribution is 5.72. The van der Waals surface area contributed by atoms with E-state index >= 15 is 0 Å². The molecule has 0 unspecified atom stereocenters. The van der Waals surface area contributed by atoms with Crippen LogP contribution < -0.4 is 28.4 Å². The van der Waals surface area contributed by atoms with Crippen molar-refractivity contribution in [3.05, 3.63) is 72.1 Å². The fourth-order valence-electron chi connectivity index (χ4n) is 5.91. The van der Waals surface area contributed by atoms with E-state index in [-0.39, 0.29) is 0 Å². The van der Waals surface area contributed by atoms with Crippen molar-refractivity contribution in [1.29, 1.82) is 0 Å². The minimum atomic E-state index is 0.566. The number of rotatable bonds is 12. The van der Waals surface area contributed by atoms with E-state index in [0.717, 1.165) is 79.3 Å². The summed E-state index contributed by atoms with van der Waals surface area (Å²) in [6.45, 7) is 5.43. The quantitative estimate of drug-likeness (QED) is 0.202. The second-order valence-electron chi connectivity index (χ2n) is 10.8. The molecule has 0 atom stereocenters. The van der Waals surface area contributed by atoms with Crippen molar-refractivity contribution in [3.63, 3.8) is 0 Å². The van der Waals surface area contributed by atoms with Crippen LogP contribution in [0.3, 0.4) is 0 Å². The maximum atomic E-state index is 5.61. The summed E-state index contributed by atoms with van der Waals surface area (Å²) in [4.78, 5) is 14.5. The third kappa shape index (κ3) is 7.08. The van der Waals surface area contributed by atoms with Gasteiger partial charge in [-0.2, -0.15) is 0 Å². The zero-order valence-corrected chi connectivity index (χ0v) is 27.0. The summed E-state index contributed by atoms with van der Waals surface area (Å²) in [5, 5.41) is 0. The predicted molar refractivity (Wildman–Crippen MR) is 174 cm³/mol. The maximum Gasteiger partial charge on any atom is 0.203 e. The smallest absolute Gasteiger partial charge is 0.203 e. The topological polar surface area (TPSA) is 87.6 Å². The zero-order chi connectivity index (χ0) is 31.8. The predicted octanol–water partition coefficient (Wildman–Crippen LogP) is 5.57. The highest BCUT2D eigenvalue weighted by Crippen LogP contribution is 2.42. The number of ether oxygens (including phenoxy) is 6. The van der Waals surface area contributed by atoms with Gasteiger partial charge in [0.1, 0.15) is 0 Å². The molecule has 238 valence electrons. The van der Waals surface area contributed by atoms with Crippen LogP contribution in [0.1, 0.15) is 17.5 Å². The lowest BCUT2D eigenvalue weighted by Crippen LogP contribution is -2.30. The van der Waals surface area contributed by atoms with Crippen molar-refractivity contribution in [2.75, 3.05) is 68.8 Å². The van der Waals surface area contributed by atoms with Crippen molar-refractivity contribution in [3.8, 4) is 57.0 Å². The number of aromatic nitrogens is 2. The monoisotopic (exact) mass is 614 g/mol. The first kappa shape index (κ1) is 31.9. The molecule has 0 radical (unpaired) electrons. The van der Waals surface area contributed by atoms with E-state index < -0.39 is 0 Å². The number of pyridine rings is 2. The fraction of sp³-hybridized carbons (Fsp3) is 0.371. The number of hydrogen-bond acceptors (Lipinski definition) is 10. The molecule has 1 fully saturated rings. The Kier molecular flexibility index (Phi) is 10.6. The van der Waals surface area contributed by atoms with E-state index in [1.807, 2.05) is 48.8 Å². The number of methoxy groups -OCH3 is 6. The van der Waals surface area contributed by atoms with Gasteiger partial charge in [-0.3, -0.25) is 19.8 Å². The van der Waals surface area contributed by atoms with E-state index in [9.17, 15) is 0 Å². The second kappa shape index (κ2) is 15.0. The molecule has 1 saturated heterocycles. The molecule has 4 aromatic rings. The molecule has 0 saturated carbocycles. The van der Waals surface area contributed by atoms with Gasteiger partial charge in [-0.1, -0.05) is 12.1 Å². The Morgan fingerprint density at radius 2 is 0.911 bits per heavy atom. The molecule has 1 aliphatic rings. The summed E-state index contributed by atoms with van der Waals surface area (Å²) >= 11 is 0. The van der Waals surface area contributed by atoms with Gasteiger partial charge in [-0.15, -0.1) is 0 Å². The summed E-state index contributed by atoms with van der Waals surface area (Å²) in [6.07, 6.45) is 4.71. The summed E-state index contributed by atoms with van der Waals surface area (Å²) in [6, 6.07) is 16.1. The second-order valence-corrected chi connectivity index (χ2v) is 10.8. The number of benzene rings is 2. The highest BCUT2D eigenvalue weighted by Gasteiger charge is 2.22. The van der Waals surface area contributed by atoms with E-state index in [4.69, 9.17) is 38.4 Å². The maximum absolute atomic E-state index is 5.61. The van der Waals surface area contributed by atoms with Crippen LogP contribution in [-0.4, -0.2) is 88.6 Å². The molecule has 1 aliphatic heterocycles. The lowest BCUT2D eigenvalue weighted by atomic mass is 10.0. The molecule has 2 aromatic heterocycles. The molecular weight excluding hydrogens is 572 g/mol. The molecule has 0 spiro atoms. The molecule has 3 heterocycles. The Hall–Kier alpha value is -4.54. The lowest BCUT2D eigenvalue weighted by Gasteiger charge is -2.23. The van der Waals surface area contributed by atoms with Crippen LogP contribution in [0, 0.1) is 0 Å². The van der Waals surface area contributed by atoms with Gasteiger partial charge in [-0.25, -0.2) is 0 Å². The van der Waals surface area contributed by atoms with Gasteiger partial charge >= 0.3 is 0 Å². The molecule has 0 bridgehead atoms. The van der Waals surface area contributed by atoms with Crippen LogP contribution in [0.5, 0.6) is 34.5 Å². The van der Waals surface area contributed by atoms with Gasteiger partial charge < -0.3 is 28.4 Å². The third-order valence-electron chi connectivity index (χ3n) is 8.13. The molecule has 10 nitrogen and oxygen atoms in total. The number of hydrogen-bond donors (Lipinski definition) is 0. The van der Waals surface area contributed by atoms with E-state index in [2.05, 4.69) is 21.9 Å². The van der Waals surface area contributed by atoms with Crippen LogP contribution in [0.25, 0.3) is 22.5 Å². The van der Waals surface area contributed by atoms with E-state index in [1.165, 1.54) is 0 Å². The Labute approximate surface area is 265 Å². The van der Waals surface area contributed by atoms with Gasteiger partial charge in [0.15, 0.2) is 23.0 Å². The van der Waals surface area contributed by atoms with Crippen LogP contribution in [0.4, 0.5) is 0 Å². The lowest BCUT2D eigenvalue weighted by molar-refractivity contribution is 0.247. The normalized spacial score (nSPS) is 14.0. The van der Waals surface area contributed by atoms with Crippen LogP contribution in [-0.2, 0) is 13.1 Å². The molecular formula is C35H42N4O6. The van der Waals surface area contributed by atoms with E-state index in [0.29, 0.717) is 34.5 Å². The molecule has 5 rings (SSSR count). The SMILES string of the molecule is COc1cc(-c2ncccc2CN2CCCN(Cc3cccnc3-c3cc(OC)c(OC)c(OC)c3)CC2)cc(OC)c1OC. The Morgan fingerprint density at radius 3 is 1.24 bits per heavy atom. The van der Waals surface area contributed by atoms with Crippen molar-refractivity contribution in [1.82, 2.24) is 19.8 Å². The Bertz CT molecular complexity index is 1430. The third-order valence-corrected chi connectivity index (χ3v) is 8.13. The van der Waals surface area contributed by atoms with Crippen LogP contribution in [0.15, 0.2) is 60.9 Å². The summed E-state index contributed by atoms with van der Waals surface area (Å²) < 4.78 is 33.5. The Morgan fingerprint density at radius 1 is 0.533 bits per heavy atom. The standard InChI is InChI=1S/C35H42N4O6/c1-40-28-18-26(19-29(41-2)34(28)44-5)32-24(10-7-12-36-32)22-38-14-9-15-39(17-16-38)23-25-11-8-13-37-33(25)27-20-30(42-3)35(45-6)31(21-27)43-4/h7-8,10-13,18-21H,9,14-17,22-23H2,1-6H3.